The predicted molar refractivity (Wildman–Crippen MR) is 147 cm³/mol. The van der Waals surface area contributed by atoms with Crippen LogP contribution in [-0.2, 0) is 25.4 Å². The van der Waals surface area contributed by atoms with Gasteiger partial charge in [0, 0.05) is 32.0 Å². The number of methoxy groups -OCH3 is 2. The summed E-state index contributed by atoms with van der Waals surface area (Å²) >= 11 is 0. The van der Waals surface area contributed by atoms with Crippen molar-refractivity contribution in [1.82, 2.24) is 0 Å². The minimum Gasteiger partial charge on any atom is -0.493 e. The highest BCUT2D eigenvalue weighted by Gasteiger charge is 2.58. The minimum absolute atomic E-state index is 0.0973. The van der Waals surface area contributed by atoms with Gasteiger partial charge in [-0.25, -0.2) is 4.79 Å². The number of nitrogens with two attached hydrogens (primary N) is 1. The highest BCUT2D eigenvalue weighted by atomic mass is 16.6. The summed E-state index contributed by atoms with van der Waals surface area (Å²) in [5.41, 5.74) is 5.11. The van der Waals surface area contributed by atoms with E-state index in [1.807, 2.05) is 52.8 Å². The summed E-state index contributed by atoms with van der Waals surface area (Å²) < 4.78 is 28.6. The molecule has 2 rings (SSSR count). The van der Waals surface area contributed by atoms with Crippen LogP contribution in [0.2, 0.25) is 0 Å². The van der Waals surface area contributed by atoms with E-state index in [0.717, 1.165) is 12.0 Å². The summed E-state index contributed by atoms with van der Waals surface area (Å²) in [5.74, 6) is 1.35. The number of primary amides is 1. The quantitative estimate of drug-likeness (QED) is 0.238. The van der Waals surface area contributed by atoms with Crippen molar-refractivity contribution in [3.05, 3.63) is 23.8 Å². The number of carbonyl (C=O) groups excluding carboxylic acids is 2. The summed E-state index contributed by atoms with van der Waals surface area (Å²) in [6.45, 7) is 15.5. The van der Waals surface area contributed by atoms with Gasteiger partial charge in [-0.15, -0.1) is 0 Å². The molecule has 1 saturated heterocycles. The molecular weight excluding hydrogens is 486 g/mol. The summed E-state index contributed by atoms with van der Waals surface area (Å²) in [4.78, 5) is 25.1. The molecule has 1 heterocycles. The van der Waals surface area contributed by atoms with Crippen LogP contribution in [0, 0.1) is 29.1 Å². The molecule has 4 atom stereocenters. The van der Waals surface area contributed by atoms with Crippen LogP contribution < -0.4 is 15.2 Å². The maximum atomic E-state index is 12.8. The van der Waals surface area contributed by atoms with Gasteiger partial charge in [0.2, 0.25) is 0 Å². The van der Waals surface area contributed by atoms with E-state index in [9.17, 15) is 9.59 Å². The van der Waals surface area contributed by atoms with Gasteiger partial charge in [0.15, 0.2) is 17.1 Å². The standard InChI is InChI=1S/C30H49NO7/c1-19(2)22(15-21-11-12-24(35-9)25(16-21)36-14-10-13-34-8)18-30(29(5,6)7,38-28(31)33)26-17-23(20(3)4)27(32)37-26/h11-12,16,19-20,22-23,26H,10,13-15,17-18H2,1-9H3,(H2,31,33)/t22-,23-,26-,30+/m0/s1. The van der Waals surface area contributed by atoms with Crippen molar-refractivity contribution in [1.29, 1.82) is 0 Å². The molecule has 1 amide bonds. The van der Waals surface area contributed by atoms with Gasteiger partial charge in [-0.3, -0.25) is 4.79 Å². The molecule has 2 N–H and O–H groups in total. The van der Waals surface area contributed by atoms with Gasteiger partial charge in [0.05, 0.1) is 19.6 Å². The molecule has 0 saturated carbocycles. The Morgan fingerprint density at radius 2 is 1.79 bits per heavy atom. The molecule has 0 unspecified atom stereocenters. The van der Waals surface area contributed by atoms with Gasteiger partial charge in [-0.1, -0.05) is 54.5 Å². The SMILES string of the molecule is COCCCOc1cc(C[C@@H](C[C@@](OC(N)=O)([C@@H]2C[C@@H](C(C)C)C(=O)O2)C(C)(C)C)C(C)C)ccc1OC. The Hall–Kier alpha value is -2.48. The number of carbonyl (C=O) groups is 2. The lowest BCUT2D eigenvalue weighted by Gasteiger charge is -2.48. The van der Waals surface area contributed by atoms with Crippen molar-refractivity contribution < 1.29 is 33.3 Å². The van der Waals surface area contributed by atoms with Crippen molar-refractivity contribution in [2.75, 3.05) is 27.4 Å². The van der Waals surface area contributed by atoms with E-state index in [0.29, 0.717) is 44.0 Å². The van der Waals surface area contributed by atoms with Crippen LogP contribution in [-0.4, -0.2) is 51.2 Å². The molecule has 8 heteroatoms. The van der Waals surface area contributed by atoms with E-state index in [1.165, 1.54) is 0 Å². The average Bonchev–Trinajstić information content (AvgIpc) is 3.22. The van der Waals surface area contributed by atoms with Crippen molar-refractivity contribution in [3.8, 4) is 11.5 Å². The Morgan fingerprint density at radius 1 is 1.11 bits per heavy atom. The molecule has 1 aromatic rings. The van der Waals surface area contributed by atoms with E-state index in [-0.39, 0.29) is 29.6 Å². The molecule has 0 aliphatic carbocycles. The molecule has 1 aromatic carbocycles. The van der Waals surface area contributed by atoms with Crippen LogP contribution in [0.25, 0.3) is 0 Å². The summed E-state index contributed by atoms with van der Waals surface area (Å²) in [6, 6.07) is 5.97. The van der Waals surface area contributed by atoms with E-state index < -0.39 is 23.2 Å². The van der Waals surface area contributed by atoms with Crippen molar-refractivity contribution in [2.24, 2.45) is 34.8 Å². The Balaban J connectivity index is 2.42. The zero-order valence-electron chi connectivity index (χ0n) is 24.8. The predicted octanol–water partition coefficient (Wildman–Crippen LogP) is 5.78. The molecule has 1 aliphatic heterocycles. The molecule has 216 valence electrons. The van der Waals surface area contributed by atoms with Gasteiger partial charge >= 0.3 is 12.1 Å². The van der Waals surface area contributed by atoms with Gasteiger partial charge in [-0.05, 0) is 48.3 Å². The number of rotatable bonds is 14. The molecule has 0 radical (unpaired) electrons. The lowest BCUT2D eigenvalue weighted by atomic mass is 9.65. The van der Waals surface area contributed by atoms with Gasteiger partial charge in [0.25, 0.3) is 0 Å². The normalized spacial score (nSPS) is 20.2. The van der Waals surface area contributed by atoms with E-state index in [1.54, 1.807) is 14.2 Å². The first-order chi connectivity index (χ1) is 17.8. The highest BCUT2D eigenvalue weighted by Crippen LogP contribution is 2.49. The van der Waals surface area contributed by atoms with Crippen LogP contribution in [0.1, 0.15) is 73.3 Å². The zero-order chi connectivity index (χ0) is 28.7. The fraction of sp³-hybridized carbons (Fsp3) is 0.733. The number of hydrogen-bond acceptors (Lipinski definition) is 7. The number of amides is 1. The molecule has 1 fully saturated rings. The fourth-order valence-electron chi connectivity index (χ4n) is 5.38. The zero-order valence-corrected chi connectivity index (χ0v) is 24.8. The van der Waals surface area contributed by atoms with E-state index in [2.05, 4.69) is 13.8 Å². The van der Waals surface area contributed by atoms with Crippen LogP contribution in [0.15, 0.2) is 18.2 Å². The number of benzene rings is 1. The van der Waals surface area contributed by atoms with Crippen LogP contribution in [0.5, 0.6) is 11.5 Å². The molecule has 0 spiro atoms. The van der Waals surface area contributed by atoms with Crippen molar-refractivity contribution in [3.63, 3.8) is 0 Å². The molecule has 0 aromatic heterocycles. The second kappa shape index (κ2) is 13.5. The lowest BCUT2D eigenvalue weighted by Crippen LogP contribution is -2.58. The topological polar surface area (TPSA) is 106 Å². The lowest BCUT2D eigenvalue weighted by molar-refractivity contribution is -0.176. The number of cyclic esters (lactones) is 1. The second-order valence-electron chi connectivity index (χ2n) is 12.2. The van der Waals surface area contributed by atoms with Crippen LogP contribution in [0.4, 0.5) is 4.79 Å². The van der Waals surface area contributed by atoms with Gasteiger partial charge < -0.3 is 29.4 Å². The third-order valence-electron chi connectivity index (χ3n) is 7.89. The summed E-state index contributed by atoms with van der Waals surface area (Å²) in [7, 11) is 3.29. The maximum absolute atomic E-state index is 12.8. The maximum Gasteiger partial charge on any atom is 0.405 e. The number of hydrogen-bond donors (Lipinski definition) is 1. The Kier molecular flexibility index (Phi) is 11.3. The first kappa shape index (κ1) is 31.7. The summed E-state index contributed by atoms with van der Waals surface area (Å²) in [5, 5.41) is 0. The third-order valence-corrected chi connectivity index (χ3v) is 7.89. The number of esters is 1. The first-order valence-electron chi connectivity index (χ1n) is 13.7. The molecule has 38 heavy (non-hydrogen) atoms. The summed E-state index contributed by atoms with van der Waals surface area (Å²) in [6.07, 6.45) is 1.04. The third kappa shape index (κ3) is 7.78. The van der Waals surface area contributed by atoms with Crippen molar-refractivity contribution in [2.45, 2.75) is 85.9 Å². The van der Waals surface area contributed by atoms with Crippen molar-refractivity contribution >= 4 is 12.1 Å². The monoisotopic (exact) mass is 535 g/mol. The first-order valence-corrected chi connectivity index (χ1v) is 13.7. The number of ether oxygens (including phenoxy) is 5. The Labute approximate surface area is 228 Å². The van der Waals surface area contributed by atoms with E-state index >= 15 is 0 Å². The molecule has 1 aliphatic rings. The van der Waals surface area contributed by atoms with Gasteiger partial charge in [0.1, 0.15) is 6.10 Å². The smallest absolute Gasteiger partial charge is 0.405 e. The molecular formula is C30H49NO7. The molecule has 8 nitrogen and oxygen atoms in total. The Bertz CT molecular complexity index is 924. The molecule has 0 bridgehead atoms. The second-order valence-corrected chi connectivity index (χ2v) is 12.2. The van der Waals surface area contributed by atoms with E-state index in [4.69, 9.17) is 29.4 Å². The van der Waals surface area contributed by atoms with Crippen LogP contribution >= 0.6 is 0 Å². The van der Waals surface area contributed by atoms with Gasteiger partial charge in [-0.2, -0.15) is 0 Å². The largest absolute Gasteiger partial charge is 0.493 e. The van der Waals surface area contributed by atoms with Crippen LogP contribution in [0.3, 0.4) is 0 Å². The minimum atomic E-state index is -1.08. The Morgan fingerprint density at radius 3 is 2.29 bits per heavy atom. The fourth-order valence-corrected chi connectivity index (χ4v) is 5.38. The average molecular weight is 536 g/mol. The highest BCUT2D eigenvalue weighted by molar-refractivity contribution is 5.75.